The Morgan fingerprint density at radius 3 is 2.38 bits per heavy atom. The number of hydrogen-bond acceptors (Lipinski definition) is 3. The number of rotatable bonds is 7. The zero-order valence-corrected chi connectivity index (χ0v) is 12.7. The van der Waals surface area contributed by atoms with Gasteiger partial charge in [0.25, 0.3) is 0 Å². The van der Waals surface area contributed by atoms with E-state index in [1.165, 1.54) is 12.1 Å². The number of hydrogen-bond donors (Lipinski definition) is 0. The molecule has 0 atom stereocenters. The Morgan fingerprint density at radius 2 is 1.86 bits per heavy atom. The predicted molar refractivity (Wildman–Crippen MR) is 79.3 cm³/mol. The first-order chi connectivity index (χ1) is 9.95. The van der Waals surface area contributed by atoms with E-state index in [4.69, 9.17) is 4.74 Å². The SMILES string of the molecule is CCOC(=O)/C(=C\CCc1ccc(F)cc1)C(=O)C(C)C. The summed E-state index contributed by atoms with van der Waals surface area (Å²) in [7, 11) is 0. The lowest BCUT2D eigenvalue weighted by Gasteiger charge is -2.08. The summed E-state index contributed by atoms with van der Waals surface area (Å²) in [6.45, 7) is 5.43. The van der Waals surface area contributed by atoms with Crippen LogP contribution in [0.4, 0.5) is 4.39 Å². The van der Waals surface area contributed by atoms with E-state index in [1.54, 1.807) is 39.0 Å². The first-order valence-corrected chi connectivity index (χ1v) is 7.11. The fourth-order valence-corrected chi connectivity index (χ4v) is 1.84. The van der Waals surface area contributed by atoms with E-state index in [0.717, 1.165) is 5.56 Å². The zero-order valence-electron chi connectivity index (χ0n) is 12.7. The van der Waals surface area contributed by atoms with Gasteiger partial charge in [0.1, 0.15) is 5.82 Å². The molecule has 0 spiro atoms. The van der Waals surface area contributed by atoms with E-state index in [0.29, 0.717) is 12.8 Å². The van der Waals surface area contributed by atoms with Gasteiger partial charge in [-0.15, -0.1) is 0 Å². The van der Waals surface area contributed by atoms with Crippen molar-refractivity contribution in [2.75, 3.05) is 6.61 Å². The lowest BCUT2D eigenvalue weighted by Crippen LogP contribution is -2.20. The molecular formula is C17H21FO3. The van der Waals surface area contributed by atoms with Crippen molar-refractivity contribution in [2.45, 2.75) is 33.6 Å². The summed E-state index contributed by atoms with van der Waals surface area (Å²) in [5.74, 6) is -1.33. The third-order valence-electron chi connectivity index (χ3n) is 2.98. The Kier molecular flexibility index (Phi) is 6.79. The Hall–Kier alpha value is -1.97. The fourth-order valence-electron chi connectivity index (χ4n) is 1.84. The second-order valence-electron chi connectivity index (χ2n) is 5.02. The highest BCUT2D eigenvalue weighted by Crippen LogP contribution is 2.12. The van der Waals surface area contributed by atoms with Gasteiger partial charge in [-0.2, -0.15) is 0 Å². The van der Waals surface area contributed by atoms with E-state index in [-0.39, 0.29) is 29.7 Å². The molecule has 0 heterocycles. The van der Waals surface area contributed by atoms with Gasteiger partial charge >= 0.3 is 5.97 Å². The molecule has 0 saturated heterocycles. The molecule has 1 rings (SSSR count). The molecule has 0 unspecified atom stereocenters. The Bertz CT molecular complexity index is 515. The molecule has 3 nitrogen and oxygen atoms in total. The monoisotopic (exact) mass is 292 g/mol. The number of ether oxygens (including phenoxy) is 1. The normalized spacial score (nSPS) is 11.6. The van der Waals surface area contributed by atoms with Gasteiger partial charge in [0, 0.05) is 5.92 Å². The average Bonchev–Trinajstić information content (AvgIpc) is 2.45. The summed E-state index contributed by atoms with van der Waals surface area (Å²) in [5, 5.41) is 0. The molecule has 0 N–H and O–H groups in total. The molecule has 4 heteroatoms. The minimum Gasteiger partial charge on any atom is -0.462 e. The minimum atomic E-state index is -0.574. The second kappa shape index (κ2) is 8.35. The molecule has 0 aliphatic rings. The van der Waals surface area contributed by atoms with E-state index in [9.17, 15) is 14.0 Å². The van der Waals surface area contributed by atoms with Crippen LogP contribution in [0.1, 0.15) is 32.8 Å². The second-order valence-corrected chi connectivity index (χ2v) is 5.02. The van der Waals surface area contributed by atoms with Crippen molar-refractivity contribution in [3.05, 3.63) is 47.3 Å². The van der Waals surface area contributed by atoms with Crippen LogP contribution in [0.2, 0.25) is 0 Å². The minimum absolute atomic E-state index is 0.106. The van der Waals surface area contributed by atoms with Crippen LogP contribution < -0.4 is 0 Å². The van der Waals surface area contributed by atoms with Gasteiger partial charge in [0.05, 0.1) is 12.2 Å². The number of ketones is 1. The van der Waals surface area contributed by atoms with E-state index < -0.39 is 5.97 Å². The smallest absolute Gasteiger partial charge is 0.341 e. The number of benzene rings is 1. The Balaban J connectivity index is 2.76. The number of halogens is 1. The van der Waals surface area contributed by atoms with Crippen molar-refractivity contribution in [3.8, 4) is 0 Å². The van der Waals surface area contributed by atoms with Gasteiger partial charge < -0.3 is 4.74 Å². The predicted octanol–water partition coefficient (Wildman–Crippen LogP) is 3.47. The number of carbonyl (C=O) groups is 2. The van der Waals surface area contributed by atoms with Crippen molar-refractivity contribution in [3.63, 3.8) is 0 Å². The Labute approximate surface area is 124 Å². The first kappa shape index (κ1) is 17.1. The maximum Gasteiger partial charge on any atom is 0.341 e. The summed E-state index contributed by atoms with van der Waals surface area (Å²) < 4.78 is 17.7. The third kappa shape index (κ3) is 5.50. The molecule has 0 saturated carbocycles. The van der Waals surface area contributed by atoms with Crippen LogP contribution in [-0.4, -0.2) is 18.4 Å². The van der Waals surface area contributed by atoms with Crippen molar-refractivity contribution >= 4 is 11.8 Å². The van der Waals surface area contributed by atoms with Crippen LogP contribution in [0.25, 0.3) is 0 Å². The number of allylic oxidation sites excluding steroid dienone is 1. The van der Waals surface area contributed by atoms with Crippen LogP contribution in [-0.2, 0) is 20.7 Å². The maximum absolute atomic E-state index is 12.8. The molecule has 0 bridgehead atoms. The Morgan fingerprint density at radius 1 is 1.24 bits per heavy atom. The summed E-state index contributed by atoms with van der Waals surface area (Å²) in [6, 6.07) is 6.17. The topological polar surface area (TPSA) is 43.4 Å². The largest absolute Gasteiger partial charge is 0.462 e. The molecule has 1 aromatic carbocycles. The molecule has 114 valence electrons. The van der Waals surface area contributed by atoms with E-state index in [1.807, 2.05) is 0 Å². The van der Waals surface area contributed by atoms with Crippen molar-refractivity contribution in [1.29, 1.82) is 0 Å². The zero-order chi connectivity index (χ0) is 15.8. The number of Topliss-reactive ketones (excluding diaryl/α,β-unsaturated/α-hetero) is 1. The highest BCUT2D eigenvalue weighted by atomic mass is 19.1. The molecule has 1 aromatic rings. The maximum atomic E-state index is 12.8. The summed E-state index contributed by atoms with van der Waals surface area (Å²) in [6.07, 6.45) is 2.77. The van der Waals surface area contributed by atoms with Crippen LogP contribution in [0.3, 0.4) is 0 Å². The standard InChI is InChI=1S/C17H21FO3/c1-4-21-17(20)15(16(19)12(2)3)7-5-6-13-8-10-14(18)11-9-13/h7-12H,4-6H2,1-3H3/b15-7-. The van der Waals surface area contributed by atoms with Crippen LogP contribution in [0.5, 0.6) is 0 Å². The number of aryl methyl sites for hydroxylation is 1. The van der Waals surface area contributed by atoms with Gasteiger partial charge in [-0.25, -0.2) is 9.18 Å². The summed E-state index contributed by atoms with van der Waals surface area (Å²) >= 11 is 0. The molecule has 0 amide bonds. The van der Waals surface area contributed by atoms with Gasteiger partial charge in [-0.05, 0) is 37.5 Å². The number of esters is 1. The molecule has 0 radical (unpaired) electrons. The molecule has 0 aliphatic carbocycles. The summed E-state index contributed by atoms with van der Waals surface area (Å²) in [4.78, 5) is 23.8. The third-order valence-corrected chi connectivity index (χ3v) is 2.98. The highest BCUT2D eigenvalue weighted by Gasteiger charge is 2.21. The molecule has 0 aliphatic heterocycles. The van der Waals surface area contributed by atoms with Crippen molar-refractivity contribution in [2.24, 2.45) is 5.92 Å². The average molecular weight is 292 g/mol. The molecule has 0 fully saturated rings. The van der Waals surface area contributed by atoms with Gasteiger partial charge in [0.2, 0.25) is 0 Å². The van der Waals surface area contributed by atoms with E-state index in [2.05, 4.69) is 0 Å². The van der Waals surface area contributed by atoms with Crippen LogP contribution >= 0.6 is 0 Å². The highest BCUT2D eigenvalue weighted by molar-refractivity contribution is 6.17. The van der Waals surface area contributed by atoms with Crippen molar-refractivity contribution < 1.29 is 18.7 Å². The fraction of sp³-hybridized carbons (Fsp3) is 0.412. The van der Waals surface area contributed by atoms with E-state index >= 15 is 0 Å². The lowest BCUT2D eigenvalue weighted by atomic mass is 9.99. The quantitative estimate of drug-likeness (QED) is 0.334. The van der Waals surface area contributed by atoms with Gasteiger partial charge in [-0.1, -0.05) is 32.1 Å². The molecule has 0 aromatic heterocycles. The number of carbonyl (C=O) groups excluding carboxylic acids is 2. The molecular weight excluding hydrogens is 271 g/mol. The van der Waals surface area contributed by atoms with Gasteiger partial charge in [-0.3, -0.25) is 4.79 Å². The van der Waals surface area contributed by atoms with Gasteiger partial charge in [0.15, 0.2) is 5.78 Å². The summed E-state index contributed by atoms with van der Waals surface area (Å²) in [5.41, 5.74) is 1.06. The molecule has 21 heavy (non-hydrogen) atoms. The lowest BCUT2D eigenvalue weighted by molar-refractivity contribution is -0.140. The first-order valence-electron chi connectivity index (χ1n) is 7.11. The van der Waals surface area contributed by atoms with Crippen LogP contribution in [0.15, 0.2) is 35.9 Å². The van der Waals surface area contributed by atoms with Crippen LogP contribution in [0, 0.1) is 11.7 Å². The van der Waals surface area contributed by atoms with Crippen molar-refractivity contribution in [1.82, 2.24) is 0 Å².